The van der Waals surface area contributed by atoms with Gasteiger partial charge in [0.15, 0.2) is 4.96 Å². The molecule has 1 N–H and O–H groups in total. The van der Waals surface area contributed by atoms with Crippen LogP contribution in [0, 0.1) is 6.92 Å². The van der Waals surface area contributed by atoms with Gasteiger partial charge in [-0.15, -0.1) is 22.7 Å². The van der Waals surface area contributed by atoms with Gasteiger partial charge in [-0.25, -0.2) is 0 Å². The van der Waals surface area contributed by atoms with Crippen molar-refractivity contribution in [2.45, 2.75) is 13.5 Å². The van der Waals surface area contributed by atoms with Crippen LogP contribution < -0.4 is 5.56 Å². The van der Waals surface area contributed by atoms with Crippen LogP contribution in [0.15, 0.2) is 34.6 Å². The van der Waals surface area contributed by atoms with Gasteiger partial charge in [-0.05, 0) is 19.1 Å². The van der Waals surface area contributed by atoms with E-state index in [1.165, 1.54) is 17.4 Å². The summed E-state index contributed by atoms with van der Waals surface area (Å²) in [5.41, 5.74) is -0.172. The molecule has 1 amide bonds. The average Bonchev–Trinajstić information content (AvgIpc) is 3.14. The summed E-state index contributed by atoms with van der Waals surface area (Å²) in [4.78, 5) is 32.7. The van der Waals surface area contributed by atoms with Crippen molar-refractivity contribution in [3.05, 3.63) is 55.6 Å². The number of nitrogens with zero attached hydrogens (tertiary/aromatic N) is 3. The molecule has 0 bridgehead atoms. The molecule has 0 saturated heterocycles. The molecule has 3 aromatic heterocycles. The lowest BCUT2D eigenvalue weighted by Gasteiger charge is -2.21. The Morgan fingerprint density at radius 3 is 2.96 bits per heavy atom. The summed E-state index contributed by atoms with van der Waals surface area (Å²) in [7, 11) is 0. The highest BCUT2D eigenvalue weighted by Gasteiger charge is 2.20. The summed E-state index contributed by atoms with van der Waals surface area (Å²) in [5.74, 6) is -0.294. The fourth-order valence-electron chi connectivity index (χ4n) is 2.31. The number of carbonyl (C=O) groups excluding carboxylic acids is 1. The minimum absolute atomic E-state index is 0.136. The Hall–Kier alpha value is -2.03. The number of carbonyl (C=O) groups is 1. The van der Waals surface area contributed by atoms with Crippen molar-refractivity contribution in [3.8, 4) is 0 Å². The molecule has 0 fully saturated rings. The Morgan fingerprint density at radius 2 is 2.26 bits per heavy atom. The van der Waals surface area contributed by atoms with E-state index in [2.05, 4.69) is 4.98 Å². The number of amides is 1. The molecule has 8 heteroatoms. The maximum Gasteiger partial charge on any atom is 0.274 e. The van der Waals surface area contributed by atoms with E-state index in [9.17, 15) is 14.7 Å². The van der Waals surface area contributed by atoms with Crippen LogP contribution in [-0.2, 0) is 6.54 Å². The van der Waals surface area contributed by atoms with Crippen LogP contribution in [0.25, 0.3) is 4.96 Å². The van der Waals surface area contributed by atoms with Crippen LogP contribution in [0.3, 0.4) is 0 Å². The van der Waals surface area contributed by atoms with Crippen LogP contribution in [0.4, 0.5) is 0 Å². The van der Waals surface area contributed by atoms with Gasteiger partial charge >= 0.3 is 0 Å². The smallest absolute Gasteiger partial charge is 0.274 e. The molecular formula is C15H15N3O3S2. The van der Waals surface area contributed by atoms with Crippen molar-refractivity contribution < 1.29 is 9.90 Å². The number of thiazole rings is 1. The summed E-state index contributed by atoms with van der Waals surface area (Å²) >= 11 is 2.91. The molecular weight excluding hydrogens is 334 g/mol. The molecule has 0 aliphatic heterocycles. The topological polar surface area (TPSA) is 74.9 Å². The predicted molar refractivity (Wildman–Crippen MR) is 90.2 cm³/mol. The standard InChI is InChI=1S/C15H15N3O3S2/c1-10-2-3-11(23-10)9-17(4-6-19)14(21)12-8-13(20)16-15-18(12)5-7-22-15/h2-3,5,7-8,19H,4,6,9H2,1H3. The van der Waals surface area contributed by atoms with E-state index in [4.69, 9.17) is 0 Å². The third-order valence-corrected chi connectivity index (χ3v) is 5.08. The number of rotatable bonds is 5. The van der Waals surface area contributed by atoms with Crippen molar-refractivity contribution in [1.82, 2.24) is 14.3 Å². The molecule has 0 aliphatic carbocycles. The molecule has 3 aromatic rings. The largest absolute Gasteiger partial charge is 0.395 e. The number of thiophene rings is 1. The first-order valence-electron chi connectivity index (χ1n) is 7.01. The molecule has 0 aromatic carbocycles. The van der Waals surface area contributed by atoms with Gasteiger partial charge in [-0.3, -0.25) is 14.0 Å². The van der Waals surface area contributed by atoms with Crippen molar-refractivity contribution in [3.63, 3.8) is 0 Å². The molecule has 120 valence electrons. The van der Waals surface area contributed by atoms with Crippen LogP contribution in [0.1, 0.15) is 20.2 Å². The molecule has 3 heterocycles. The number of aryl methyl sites for hydroxylation is 1. The lowest BCUT2D eigenvalue weighted by molar-refractivity contribution is 0.0702. The van der Waals surface area contributed by atoms with E-state index >= 15 is 0 Å². The maximum absolute atomic E-state index is 12.8. The van der Waals surface area contributed by atoms with Gasteiger partial charge in [-0.1, -0.05) is 0 Å². The van der Waals surface area contributed by atoms with Crippen LogP contribution in [0.5, 0.6) is 0 Å². The number of hydrogen-bond donors (Lipinski definition) is 1. The zero-order chi connectivity index (χ0) is 16.4. The second-order valence-electron chi connectivity index (χ2n) is 5.00. The fraction of sp³-hybridized carbons (Fsp3) is 0.267. The molecule has 3 rings (SSSR count). The normalized spacial score (nSPS) is 11.0. The van der Waals surface area contributed by atoms with Crippen molar-refractivity contribution in [1.29, 1.82) is 0 Å². The van der Waals surface area contributed by atoms with Crippen molar-refractivity contribution in [2.24, 2.45) is 0 Å². The SMILES string of the molecule is Cc1ccc(CN(CCO)C(=O)c2cc(=O)nc3sccn23)s1. The third kappa shape index (κ3) is 3.34. The highest BCUT2D eigenvalue weighted by Crippen LogP contribution is 2.19. The number of aromatic nitrogens is 2. The quantitative estimate of drug-likeness (QED) is 0.762. The summed E-state index contributed by atoms with van der Waals surface area (Å²) in [5, 5.41) is 11.0. The highest BCUT2D eigenvalue weighted by molar-refractivity contribution is 7.15. The minimum atomic E-state index is -0.438. The molecule has 0 unspecified atom stereocenters. The Balaban J connectivity index is 1.96. The van der Waals surface area contributed by atoms with Gasteiger partial charge in [0.2, 0.25) is 0 Å². The Morgan fingerprint density at radius 1 is 1.43 bits per heavy atom. The fourth-order valence-corrected chi connectivity index (χ4v) is 3.93. The number of aliphatic hydroxyl groups is 1. The summed E-state index contributed by atoms with van der Waals surface area (Å²) in [6.45, 7) is 2.48. The van der Waals surface area contributed by atoms with Crippen LogP contribution in [0.2, 0.25) is 0 Å². The molecule has 0 atom stereocenters. The zero-order valence-corrected chi connectivity index (χ0v) is 14.1. The van der Waals surface area contributed by atoms with E-state index in [0.717, 1.165) is 9.75 Å². The van der Waals surface area contributed by atoms with E-state index in [0.29, 0.717) is 11.5 Å². The van der Waals surface area contributed by atoms with Crippen molar-refractivity contribution >= 4 is 33.5 Å². The lowest BCUT2D eigenvalue weighted by Crippen LogP contribution is -2.34. The second-order valence-corrected chi connectivity index (χ2v) is 7.24. The van der Waals surface area contributed by atoms with E-state index in [1.807, 2.05) is 19.1 Å². The van der Waals surface area contributed by atoms with Gasteiger partial charge < -0.3 is 10.0 Å². The molecule has 0 spiro atoms. The molecule has 0 aliphatic rings. The zero-order valence-electron chi connectivity index (χ0n) is 12.4. The first-order chi connectivity index (χ1) is 11.1. The highest BCUT2D eigenvalue weighted by atomic mass is 32.1. The molecule has 0 saturated carbocycles. The Labute approximate surface area is 140 Å². The summed E-state index contributed by atoms with van der Waals surface area (Å²) in [6, 6.07) is 5.21. The van der Waals surface area contributed by atoms with E-state index in [1.54, 1.807) is 32.2 Å². The molecule has 6 nitrogen and oxygen atoms in total. The average molecular weight is 349 g/mol. The third-order valence-electron chi connectivity index (χ3n) is 3.33. The van der Waals surface area contributed by atoms with Gasteiger partial charge in [0, 0.05) is 33.9 Å². The van der Waals surface area contributed by atoms with Crippen LogP contribution in [-0.4, -0.2) is 38.4 Å². The number of aliphatic hydroxyl groups excluding tert-OH is 1. The lowest BCUT2D eigenvalue weighted by atomic mass is 10.3. The van der Waals surface area contributed by atoms with E-state index < -0.39 is 5.56 Å². The Bertz CT molecular complexity index is 897. The van der Waals surface area contributed by atoms with Crippen LogP contribution >= 0.6 is 22.7 Å². The second kappa shape index (κ2) is 6.61. The first kappa shape index (κ1) is 15.9. The predicted octanol–water partition coefficient (Wildman–Crippen LogP) is 1.76. The summed E-state index contributed by atoms with van der Waals surface area (Å²) in [6.07, 6.45) is 1.71. The van der Waals surface area contributed by atoms with Crippen molar-refractivity contribution in [2.75, 3.05) is 13.2 Å². The molecule has 23 heavy (non-hydrogen) atoms. The Kier molecular flexibility index (Phi) is 4.56. The van der Waals surface area contributed by atoms with Gasteiger partial charge in [-0.2, -0.15) is 4.98 Å². The first-order valence-corrected chi connectivity index (χ1v) is 8.70. The van der Waals surface area contributed by atoms with E-state index in [-0.39, 0.29) is 24.8 Å². The monoisotopic (exact) mass is 349 g/mol. The maximum atomic E-state index is 12.8. The number of hydrogen-bond acceptors (Lipinski definition) is 6. The molecule has 0 radical (unpaired) electrons. The number of fused-ring (bicyclic) bond motifs is 1. The van der Waals surface area contributed by atoms with Gasteiger partial charge in [0.1, 0.15) is 5.69 Å². The van der Waals surface area contributed by atoms with Gasteiger partial charge in [0.25, 0.3) is 11.5 Å². The van der Waals surface area contributed by atoms with Gasteiger partial charge in [0.05, 0.1) is 13.2 Å². The summed E-state index contributed by atoms with van der Waals surface area (Å²) < 4.78 is 1.61. The minimum Gasteiger partial charge on any atom is -0.395 e.